The number of hydrogen-bond donors (Lipinski definition) is 3. The van der Waals surface area contributed by atoms with E-state index in [0.29, 0.717) is 24.8 Å². The van der Waals surface area contributed by atoms with Crippen LogP contribution < -0.4 is 21.3 Å². The molecule has 1 aromatic heterocycles. The number of aliphatic hydroxyl groups excluding tert-OH is 1. The summed E-state index contributed by atoms with van der Waals surface area (Å²) in [5.74, 6) is 2.32. The quantitative estimate of drug-likeness (QED) is 0.623. The predicted octanol–water partition coefficient (Wildman–Crippen LogP) is 0.460. The number of nitrogens with one attached hydrogen (secondary N) is 2. The minimum absolute atomic E-state index is 0.229. The van der Waals surface area contributed by atoms with Crippen LogP contribution in [0.25, 0.3) is 12.2 Å². The molecule has 26 heavy (non-hydrogen) atoms. The number of anilines is 1. The third kappa shape index (κ3) is 3.88. The van der Waals surface area contributed by atoms with E-state index in [9.17, 15) is 5.11 Å². The van der Waals surface area contributed by atoms with E-state index in [4.69, 9.17) is 14.5 Å². The van der Waals surface area contributed by atoms with Gasteiger partial charge in [-0.15, -0.1) is 0 Å². The van der Waals surface area contributed by atoms with Crippen LogP contribution in [0.4, 0.5) is 5.95 Å². The maximum absolute atomic E-state index is 9.90. The van der Waals surface area contributed by atoms with Crippen LogP contribution in [-0.4, -0.2) is 55.1 Å². The maximum atomic E-state index is 9.90. The van der Waals surface area contributed by atoms with Gasteiger partial charge in [-0.25, -0.2) is 4.98 Å². The summed E-state index contributed by atoms with van der Waals surface area (Å²) in [6.45, 7) is 0.718. The third-order valence-electron chi connectivity index (χ3n) is 5.02. The molecule has 144 valence electrons. The molecular formula is C19H30N4O3. The number of aliphatic hydroxyl groups is 1. The first-order valence-electron chi connectivity index (χ1n) is 9.38. The molecule has 1 atom stereocenters. The highest BCUT2D eigenvalue weighted by molar-refractivity contribution is 5.50. The second-order valence-corrected chi connectivity index (χ2v) is 6.83. The second-order valence-electron chi connectivity index (χ2n) is 6.83. The van der Waals surface area contributed by atoms with Crippen molar-refractivity contribution >= 4 is 18.1 Å². The van der Waals surface area contributed by atoms with Gasteiger partial charge in [0.2, 0.25) is 5.95 Å². The van der Waals surface area contributed by atoms with Crippen LogP contribution in [0, 0.1) is 0 Å². The smallest absolute Gasteiger partial charge is 0.203 e. The largest absolute Gasteiger partial charge is 0.493 e. The van der Waals surface area contributed by atoms with E-state index in [-0.39, 0.29) is 6.61 Å². The molecule has 0 bridgehead atoms. The first-order valence-corrected chi connectivity index (χ1v) is 9.38. The van der Waals surface area contributed by atoms with E-state index in [1.807, 2.05) is 13.1 Å². The molecule has 0 spiro atoms. The maximum Gasteiger partial charge on any atom is 0.203 e. The Morgan fingerprint density at radius 2 is 2.12 bits per heavy atom. The molecule has 3 N–H and O–H groups in total. The van der Waals surface area contributed by atoms with Crippen LogP contribution in [0.1, 0.15) is 38.1 Å². The summed E-state index contributed by atoms with van der Waals surface area (Å²) in [5.41, 5.74) is 0. The monoisotopic (exact) mass is 362 g/mol. The van der Waals surface area contributed by atoms with Gasteiger partial charge < -0.3 is 29.8 Å². The van der Waals surface area contributed by atoms with Gasteiger partial charge in [0, 0.05) is 32.1 Å². The van der Waals surface area contributed by atoms with Gasteiger partial charge in [-0.1, -0.05) is 12.8 Å². The normalized spacial score (nSPS) is 18.6. The lowest BCUT2D eigenvalue weighted by Gasteiger charge is -2.16. The Bertz CT molecular complexity index is 762. The minimum atomic E-state index is -0.558. The van der Waals surface area contributed by atoms with Crippen molar-refractivity contribution in [1.82, 2.24) is 14.9 Å². The Kier molecular flexibility index (Phi) is 6.21. The highest BCUT2D eigenvalue weighted by Gasteiger charge is 2.23. The first kappa shape index (κ1) is 18.8. The lowest BCUT2D eigenvalue weighted by molar-refractivity contribution is 0.0660. The molecule has 1 aromatic rings. The van der Waals surface area contributed by atoms with Gasteiger partial charge in [0.25, 0.3) is 0 Å². The molecule has 0 aromatic carbocycles. The van der Waals surface area contributed by atoms with Gasteiger partial charge in [0.05, 0.1) is 17.8 Å². The van der Waals surface area contributed by atoms with Crippen LogP contribution >= 0.6 is 0 Å². The molecule has 1 heterocycles. The zero-order valence-corrected chi connectivity index (χ0v) is 15.9. The van der Waals surface area contributed by atoms with E-state index in [1.165, 1.54) is 25.7 Å². The average Bonchev–Trinajstić information content (AvgIpc) is 3.24. The highest BCUT2D eigenvalue weighted by Crippen LogP contribution is 2.30. The lowest BCUT2D eigenvalue weighted by Crippen LogP contribution is -2.32. The number of rotatable bonds is 8. The van der Waals surface area contributed by atoms with E-state index in [1.54, 1.807) is 14.2 Å². The number of likely N-dealkylation sites (N-methyl/N-ethyl adjacent to an activating group) is 1. The summed E-state index contributed by atoms with van der Waals surface area (Å²) in [7, 11) is 5.37. The van der Waals surface area contributed by atoms with E-state index >= 15 is 0 Å². The first-order chi connectivity index (χ1) is 12.7. The SMILES string of the molecule is CNC[C@@H](O)COC1=C(OC)C=c2c(nc(NC)n2C2CCCC2)=CC1. The molecule has 2 aliphatic carbocycles. The van der Waals surface area contributed by atoms with Gasteiger partial charge in [-0.05, 0) is 26.0 Å². The Morgan fingerprint density at radius 3 is 2.77 bits per heavy atom. The molecule has 0 unspecified atom stereocenters. The van der Waals surface area contributed by atoms with Crippen molar-refractivity contribution in [3.63, 3.8) is 0 Å². The summed E-state index contributed by atoms with van der Waals surface area (Å²) in [6.07, 6.45) is 8.99. The Labute approximate surface area is 154 Å². The summed E-state index contributed by atoms with van der Waals surface area (Å²) < 4.78 is 13.8. The lowest BCUT2D eigenvalue weighted by atomic mass is 10.2. The van der Waals surface area contributed by atoms with Gasteiger partial charge in [-0.3, -0.25) is 0 Å². The molecule has 0 amide bonds. The molecule has 0 saturated heterocycles. The van der Waals surface area contributed by atoms with Crippen molar-refractivity contribution in [2.45, 2.75) is 44.2 Å². The number of fused-ring (bicyclic) bond motifs is 1. The highest BCUT2D eigenvalue weighted by atomic mass is 16.5. The summed E-state index contributed by atoms with van der Waals surface area (Å²) >= 11 is 0. The fraction of sp³-hybridized carbons (Fsp3) is 0.632. The van der Waals surface area contributed by atoms with Crippen LogP contribution in [0.3, 0.4) is 0 Å². The molecule has 0 aliphatic heterocycles. The number of ether oxygens (including phenoxy) is 2. The summed E-state index contributed by atoms with van der Waals surface area (Å²) in [4.78, 5) is 4.77. The van der Waals surface area contributed by atoms with Gasteiger partial charge in [0.1, 0.15) is 18.5 Å². The van der Waals surface area contributed by atoms with Gasteiger partial charge in [-0.2, -0.15) is 0 Å². The number of imidazole rings is 1. The zero-order valence-electron chi connectivity index (χ0n) is 15.9. The van der Waals surface area contributed by atoms with Crippen LogP contribution in [0.2, 0.25) is 0 Å². The van der Waals surface area contributed by atoms with Crippen LogP contribution in [0.15, 0.2) is 11.5 Å². The number of hydrogen-bond acceptors (Lipinski definition) is 6. The molecular weight excluding hydrogens is 332 g/mol. The number of aromatic nitrogens is 2. The van der Waals surface area contributed by atoms with Crippen molar-refractivity contribution in [1.29, 1.82) is 0 Å². The Balaban J connectivity index is 1.96. The number of allylic oxidation sites excluding steroid dienone is 2. The second kappa shape index (κ2) is 8.60. The van der Waals surface area contributed by atoms with Crippen molar-refractivity contribution < 1.29 is 14.6 Å². The van der Waals surface area contributed by atoms with Gasteiger partial charge in [0.15, 0.2) is 5.76 Å². The number of nitrogens with zero attached hydrogens (tertiary/aromatic N) is 2. The summed E-state index contributed by atoms with van der Waals surface area (Å²) in [6, 6.07) is 0.469. The van der Waals surface area contributed by atoms with E-state index in [2.05, 4.69) is 21.3 Å². The fourth-order valence-electron chi connectivity index (χ4n) is 3.75. The van der Waals surface area contributed by atoms with Crippen molar-refractivity contribution in [2.24, 2.45) is 0 Å². The Hall–Kier alpha value is -1.99. The topological polar surface area (TPSA) is 80.6 Å². The summed E-state index contributed by atoms with van der Waals surface area (Å²) in [5, 5.41) is 18.1. The molecule has 0 radical (unpaired) electrons. The Morgan fingerprint density at radius 1 is 1.35 bits per heavy atom. The fourth-order valence-corrected chi connectivity index (χ4v) is 3.75. The van der Waals surface area contributed by atoms with Gasteiger partial charge >= 0.3 is 0 Å². The predicted molar refractivity (Wildman–Crippen MR) is 102 cm³/mol. The molecule has 2 aliphatic rings. The minimum Gasteiger partial charge on any atom is -0.493 e. The molecule has 1 saturated carbocycles. The average molecular weight is 362 g/mol. The molecule has 3 rings (SSSR count). The standard InChI is InChI=1S/C19H30N4O3/c1-20-11-14(24)12-26-17-9-8-15-16(10-18(17)25-3)23(19(21-2)22-15)13-6-4-5-7-13/h8,10,13-14,20,24H,4-7,9,11-12H2,1-3H3,(H,21,22)/t14-/m1/s1. The molecule has 7 heteroatoms. The van der Waals surface area contributed by atoms with Crippen molar-refractivity contribution in [3.05, 3.63) is 22.2 Å². The van der Waals surface area contributed by atoms with Crippen molar-refractivity contribution in [2.75, 3.05) is 39.7 Å². The zero-order chi connectivity index (χ0) is 18.5. The number of methoxy groups -OCH3 is 1. The van der Waals surface area contributed by atoms with E-state index < -0.39 is 6.10 Å². The van der Waals surface area contributed by atoms with Crippen LogP contribution in [0.5, 0.6) is 0 Å². The van der Waals surface area contributed by atoms with E-state index in [0.717, 1.165) is 22.4 Å². The molecule has 1 fully saturated rings. The van der Waals surface area contributed by atoms with Crippen LogP contribution in [-0.2, 0) is 9.47 Å². The molecule has 7 nitrogen and oxygen atoms in total. The third-order valence-corrected chi connectivity index (χ3v) is 5.02. The van der Waals surface area contributed by atoms with Crippen molar-refractivity contribution in [3.8, 4) is 0 Å².